The maximum absolute atomic E-state index is 12.0. The minimum atomic E-state index is -0.142. The molecule has 1 heterocycles. The van der Waals surface area contributed by atoms with Crippen LogP contribution in [0.3, 0.4) is 0 Å². The number of nitrogens with two attached hydrogens (primary N) is 1. The van der Waals surface area contributed by atoms with Crippen molar-refractivity contribution in [1.82, 2.24) is 10.3 Å². The van der Waals surface area contributed by atoms with Crippen molar-refractivity contribution < 1.29 is 4.79 Å². The molecule has 18 heavy (non-hydrogen) atoms. The first-order valence-corrected chi connectivity index (χ1v) is 6.71. The van der Waals surface area contributed by atoms with E-state index >= 15 is 0 Å². The van der Waals surface area contributed by atoms with E-state index in [-0.39, 0.29) is 11.9 Å². The van der Waals surface area contributed by atoms with Gasteiger partial charge in [-0.1, -0.05) is 24.4 Å². The molecule has 5 heteroatoms. The van der Waals surface area contributed by atoms with Crippen LogP contribution in [0.5, 0.6) is 0 Å². The summed E-state index contributed by atoms with van der Waals surface area (Å²) in [6.07, 6.45) is 5.93. The van der Waals surface area contributed by atoms with E-state index < -0.39 is 0 Å². The lowest BCUT2D eigenvalue weighted by Crippen LogP contribution is -2.44. The van der Waals surface area contributed by atoms with Gasteiger partial charge in [-0.2, -0.15) is 0 Å². The maximum atomic E-state index is 12.0. The zero-order chi connectivity index (χ0) is 13.0. The standard InChI is InChI=1S/C13H18ClN3O/c14-10-5-6-12(16-8-10)13(18)17-11-4-2-1-3-9(11)7-15/h5-6,8-9,11H,1-4,7,15H2,(H,17,18). The summed E-state index contributed by atoms with van der Waals surface area (Å²) in [6.45, 7) is 0.624. The van der Waals surface area contributed by atoms with Crippen LogP contribution in [-0.4, -0.2) is 23.5 Å². The molecule has 2 unspecified atom stereocenters. The van der Waals surface area contributed by atoms with Crippen molar-refractivity contribution >= 4 is 17.5 Å². The van der Waals surface area contributed by atoms with Crippen molar-refractivity contribution in [3.05, 3.63) is 29.0 Å². The molecule has 2 atom stereocenters. The van der Waals surface area contributed by atoms with Crippen LogP contribution in [0.4, 0.5) is 0 Å². The van der Waals surface area contributed by atoms with Crippen molar-refractivity contribution in [3.63, 3.8) is 0 Å². The highest BCUT2D eigenvalue weighted by molar-refractivity contribution is 6.30. The number of carbonyl (C=O) groups is 1. The number of halogens is 1. The highest BCUT2D eigenvalue weighted by Gasteiger charge is 2.25. The van der Waals surface area contributed by atoms with Gasteiger partial charge in [-0.25, -0.2) is 4.98 Å². The van der Waals surface area contributed by atoms with Crippen LogP contribution in [0.25, 0.3) is 0 Å². The van der Waals surface area contributed by atoms with Crippen LogP contribution in [0.1, 0.15) is 36.2 Å². The Balaban J connectivity index is 1.99. The second-order valence-electron chi connectivity index (χ2n) is 4.72. The SMILES string of the molecule is NCC1CCCCC1NC(=O)c1ccc(Cl)cn1. The number of hydrogen-bond donors (Lipinski definition) is 2. The second-order valence-corrected chi connectivity index (χ2v) is 5.16. The minimum absolute atomic E-state index is 0.142. The van der Waals surface area contributed by atoms with Gasteiger partial charge in [0.2, 0.25) is 0 Å². The third-order valence-electron chi connectivity index (χ3n) is 3.49. The molecule has 1 saturated carbocycles. The number of pyridine rings is 1. The quantitative estimate of drug-likeness (QED) is 0.880. The molecule has 0 saturated heterocycles. The highest BCUT2D eigenvalue weighted by atomic mass is 35.5. The van der Waals surface area contributed by atoms with Crippen molar-refractivity contribution in [2.75, 3.05) is 6.54 Å². The van der Waals surface area contributed by atoms with E-state index in [0.29, 0.717) is 23.2 Å². The summed E-state index contributed by atoms with van der Waals surface area (Å²) in [6, 6.07) is 3.48. The maximum Gasteiger partial charge on any atom is 0.270 e. The van der Waals surface area contributed by atoms with Crippen LogP contribution < -0.4 is 11.1 Å². The normalized spacial score (nSPS) is 23.7. The summed E-state index contributed by atoms with van der Waals surface area (Å²) in [4.78, 5) is 16.0. The van der Waals surface area contributed by atoms with E-state index in [4.69, 9.17) is 17.3 Å². The van der Waals surface area contributed by atoms with E-state index in [1.54, 1.807) is 12.1 Å². The van der Waals surface area contributed by atoms with Crippen LogP contribution in [0.2, 0.25) is 5.02 Å². The van der Waals surface area contributed by atoms with E-state index in [9.17, 15) is 4.79 Å². The van der Waals surface area contributed by atoms with Gasteiger partial charge in [0.1, 0.15) is 5.69 Å². The van der Waals surface area contributed by atoms with Gasteiger partial charge in [0, 0.05) is 12.2 Å². The topological polar surface area (TPSA) is 68.0 Å². The van der Waals surface area contributed by atoms with Crippen molar-refractivity contribution in [3.8, 4) is 0 Å². The van der Waals surface area contributed by atoms with Crippen LogP contribution in [0, 0.1) is 5.92 Å². The second kappa shape index (κ2) is 6.16. The molecule has 0 bridgehead atoms. The molecule has 1 amide bonds. The summed E-state index contributed by atoms with van der Waals surface area (Å²) in [5, 5.41) is 3.56. The molecule has 3 N–H and O–H groups in total. The minimum Gasteiger partial charge on any atom is -0.348 e. The highest BCUT2D eigenvalue weighted by Crippen LogP contribution is 2.23. The fourth-order valence-electron chi connectivity index (χ4n) is 2.43. The Kier molecular flexibility index (Phi) is 4.55. The van der Waals surface area contributed by atoms with E-state index in [0.717, 1.165) is 19.3 Å². The first kappa shape index (κ1) is 13.3. The third-order valence-corrected chi connectivity index (χ3v) is 3.71. The first-order valence-electron chi connectivity index (χ1n) is 6.33. The van der Waals surface area contributed by atoms with Gasteiger partial charge >= 0.3 is 0 Å². The number of nitrogens with zero attached hydrogens (tertiary/aromatic N) is 1. The summed E-state index contributed by atoms with van der Waals surface area (Å²) < 4.78 is 0. The van der Waals surface area contributed by atoms with Crippen LogP contribution in [-0.2, 0) is 0 Å². The predicted molar refractivity (Wildman–Crippen MR) is 71.5 cm³/mol. The Morgan fingerprint density at radius 1 is 1.44 bits per heavy atom. The number of nitrogens with one attached hydrogen (secondary N) is 1. The summed E-state index contributed by atoms with van der Waals surface area (Å²) >= 11 is 5.74. The number of amides is 1. The zero-order valence-electron chi connectivity index (χ0n) is 10.2. The molecular formula is C13H18ClN3O. The lowest BCUT2D eigenvalue weighted by atomic mass is 9.84. The molecule has 1 aromatic heterocycles. The lowest BCUT2D eigenvalue weighted by molar-refractivity contribution is 0.0903. The number of aromatic nitrogens is 1. The molecule has 0 aromatic carbocycles. The number of hydrogen-bond acceptors (Lipinski definition) is 3. The van der Waals surface area contributed by atoms with E-state index in [1.807, 2.05) is 0 Å². The fraction of sp³-hybridized carbons (Fsp3) is 0.538. The van der Waals surface area contributed by atoms with Crippen LogP contribution in [0.15, 0.2) is 18.3 Å². The van der Waals surface area contributed by atoms with Crippen LogP contribution >= 0.6 is 11.6 Å². The van der Waals surface area contributed by atoms with Gasteiger partial charge in [-0.05, 0) is 37.4 Å². The smallest absolute Gasteiger partial charge is 0.270 e. The molecule has 4 nitrogen and oxygen atoms in total. The lowest BCUT2D eigenvalue weighted by Gasteiger charge is -2.31. The average molecular weight is 268 g/mol. The Hall–Kier alpha value is -1.13. The number of carbonyl (C=O) groups excluding carboxylic acids is 1. The monoisotopic (exact) mass is 267 g/mol. The third kappa shape index (κ3) is 3.21. The fourth-order valence-corrected chi connectivity index (χ4v) is 2.54. The molecule has 98 valence electrons. The summed E-state index contributed by atoms with van der Waals surface area (Å²) in [5.74, 6) is 0.243. The molecule has 1 aliphatic carbocycles. The molecule has 0 radical (unpaired) electrons. The largest absolute Gasteiger partial charge is 0.348 e. The van der Waals surface area contributed by atoms with Gasteiger partial charge in [0.05, 0.1) is 5.02 Å². The first-order chi connectivity index (χ1) is 8.70. The Labute approximate surface area is 112 Å². The molecule has 0 aliphatic heterocycles. The Bertz CT molecular complexity index is 407. The number of rotatable bonds is 3. The predicted octanol–water partition coefficient (Wildman–Crippen LogP) is 1.98. The summed E-state index contributed by atoms with van der Waals surface area (Å²) in [5.41, 5.74) is 6.15. The van der Waals surface area contributed by atoms with Gasteiger partial charge in [-0.15, -0.1) is 0 Å². The molecule has 2 rings (SSSR count). The molecule has 1 aliphatic rings. The molecule has 1 fully saturated rings. The van der Waals surface area contributed by atoms with Crippen molar-refractivity contribution in [2.45, 2.75) is 31.7 Å². The zero-order valence-corrected chi connectivity index (χ0v) is 11.0. The summed E-state index contributed by atoms with van der Waals surface area (Å²) in [7, 11) is 0. The average Bonchev–Trinajstić information content (AvgIpc) is 2.40. The van der Waals surface area contributed by atoms with E-state index in [1.165, 1.54) is 12.6 Å². The molecular weight excluding hydrogens is 250 g/mol. The van der Waals surface area contributed by atoms with Gasteiger partial charge in [0.25, 0.3) is 5.91 Å². The van der Waals surface area contributed by atoms with Gasteiger partial charge < -0.3 is 11.1 Å². The van der Waals surface area contributed by atoms with E-state index in [2.05, 4.69) is 10.3 Å². The van der Waals surface area contributed by atoms with Gasteiger partial charge in [-0.3, -0.25) is 4.79 Å². The van der Waals surface area contributed by atoms with Crippen molar-refractivity contribution in [2.24, 2.45) is 11.7 Å². The molecule has 0 spiro atoms. The Morgan fingerprint density at radius 3 is 2.89 bits per heavy atom. The van der Waals surface area contributed by atoms with Crippen molar-refractivity contribution in [1.29, 1.82) is 0 Å². The molecule has 1 aromatic rings. The Morgan fingerprint density at radius 2 is 2.22 bits per heavy atom. The van der Waals surface area contributed by atoms with Gasteiger partial charge in [0.15, 0.2) is 0 Å².